The molecule has 1 fully saturated rings. The molecule has 1 aliphatic rings. The summed E-state index contributed by atoms with van der Waals surface area (Å²) in [5.74, 6) is -0.0410. The predicted octanol–water partition coefficient (Wildman–Crippen LogP) is 6.49. The van der Waals surface area contributed by atoms with Gasteiger partial charge in [0.25, 0.3) is 0 Å². The molecule has 0 aliphatic heterocycles. The summed E-state index contributed by atoms with van der Waals surface area (Å²) in [4.78, 5) is 13.5. The first-order valence-corrected chi connectivity index (χ1v) is 9.69. The van der Waals surface area contributed by atoms with Crippen molar-refractivity contribution < 1.29 is 9.53 Å². The smallest absolute Gasteiger partial charge is 0.313 e. The number of ether oxygens (including phenoxy) is 1. The molecule has 1 aromatic rings. The van der Waals surface area contributed by atoms with Gasteiger partial charge in [-0.05, 0) is 55.4 Å². The average Bonchev–Trinajstić information content (AvgIpc) is 2.95. The van der Waals surface area contributed by atoms with E-state index in [4.69, 9.17) is 4.74 Å². The Hall–Kier alpha value is -1.31. The van der Waals surface area contributed by atoms with Gasteiger partial charge in [0, 0.05) is 0 Å². The van der Waals surface area contributed by atoms with Crippen molar-refractivity contribution in [1.29, 1.82) is 0 Å². The summed E-state index contributed by atoms with van der Waals surface area (Å²) < 4.78 is 6.38. The monoisotopic (exact) mass is 344 g/mol. The summed E-state index contributed by atoms with van der Waals surface area (Å²) >= 11 is 0. The highest BCUT2D eigenvalue weighted by atomic mass is 16.6. The maximum Gasteiger partial charge on any atom is 0.313 e. The van der Waals surface area contributed by atoms with Crippen LogP contribution in [-0.4, -0.2) is 5.97 Å². The van der Waals surface area contributed by atoms with Gasteiger partial charge in [-0.15, -0.1) is 0 Å². The minimum atomic E-state index is -0.518. The van der Waals surface area contributed by atoms with E-state index >= 15 is 0 Å². The topological polar surface area (TPSA) is 26.3 Å². The van der Waals surface area contributed by atoms with Crippen molar-refractivity contribution in [3.63, 3.8) is 0 Å². The first-order valence-electron chi connectivity index (χ1n) is 9.69. The third-order valence-corrected chi connectivity index (χ3v) is 5.99. The van der Waals surface area contributed by atoms with Gasteiger partial charge in [-0.1, -0.05) is 71.9 Å². The fraction of sp³-hybridized carbons (Fsp3) is 0.696. The summed E-state index contributed by atoms with van der Waals surface area (Å²) in [6, 6.07) is 10.3. The highest BCUT2D eigenvalue weighted by Crippen LogP contribution is 2.50. The van der Waals surface area contributed by atoms with E-state index in [1.54, 1.807) is 0 Å². The van der Waals surface area contributed by atoms with Gasteiger partial charge in [0.05, 0.1) is 5.41 Å². The van der Waals surface area contributed by atoms with Gasteiger partial charge in [0.15, 0.2) is 0 Å². The first kappa shape index (κ1) is 20.0. The number of carbonyl (C=O) groups is 1. The Labute approximate surface area is 154 Å². The Balaban J connectivity index is 2.36. The maximum atomic E-state index is 13.5. The van der Waals surface area contributed by atoms with Crippen molar-refractivity contribution in [3.05, 3.63) is 35.9 Å². The van der Waals surface area contributed by atoms with Crippen LogP contribution in [0.2, 0.25) is 0 Å². The van der Waals surface area contributed by atoms with Crippen molar-refractivity contribution >= 4 is 5.97 Å². The summed E-state index contributed by atoms with van der Waals surface area (Å²) in [6.45, 7) is 15.2. The molecule has 140 valence electrons. The minimum absolute atomic E-state index is 0.0410. The Bertz CT molecular complexity index is 583. The van der Waals surface area contributed by atoms with Gasteiger partial charge >= 0.3 is 5.97 Å². The number of rotatable bonds is 4. The molecule has 1 saturated carbocycles. The second kappa shape index (κ2) is 6.78. The summed E-state index contributed by atoms with van der Waals surface area (Å²) in [5.41, 5.74) is 0.0934. The van der Waals surface area contributed by atoms with Gasteiger partial charge in [-0.25, -0.2) is 0 Å². The second-order valence-corrected chi connectivity index (χ2v) is 10.3. The second-order valence-electron chi connectivity index (χ2n) is 10.3. The fourth-order valence-corrected chi connectivity index (χ4v) is 4.13. The molecule has 1 aliphatic carbocycles. The largest absolute Gasteiger partial charge is 0.454 e. The number of carbonyl (C=O) groups excluding carboxylic acids is 1. The van der Waals surface area contributed by atoms with Crippen LogP contribution in [0.1, 0.15) is 86.1 Å². The molecule has 0 amide bonds. The zero-order valence-corrected chi connectivity index (χ0v) is 17.2. The van der Waals surface area contributed by atoms with E-state index in [0.717, 1.165) is 37.7 Å². The molecule has 2 rings (SSSR count). The van der Waals surface area contributed by atoms with Crippen LogP contribution in [0.15, 0.2) is 30.3 Å². The highest BCUT2D eigenvalue weighted by molar-refractivity contribution is 5.78. The molecular formula is C23H36O2. The molecule has 0 aromatic heterocycles. The quantitative estimate of drug-likeness (QED) is 0.584. The van der Waals surface area contributed by atoms with E-state index in [-0.39, 0.29) is 16.8 Å². The number of hydrogen-bond donors (Lipinski definition) is 0. The van der Waals surface area contributed by atoms with E-state index in [0.29, 0.717) is 0 Å². The van der Waals surface area contributed by atoms with Crippen LogP contribution in [0.4, 0.5) is 0 Å². The molecule has 0 radical (unpaired) electrons. The molecule has 2 heteroatoms. The molecule has 1 unspecified atom stereocenters. The highest BCUT2D eigenvalue weighted by Gasteiger charge is 2.51. The Morgan fingerprint density at radius 1 is 0.960 bits per heavy atom. The van der Waals surface area contributed by atoms with Crippen LogP contribution < -0.4 is 0 Å². The summed E-state index contributed by atoms with van der Waals surface area (Å²) in [5, 5.41) is 0. The molecule has 0 heterocycles. The molecule has 1 atom stereocenters. The van der Waals surface area contributed by atoms with Gasteiger partial charge in [0.2, 0.25) is 0 Å². The van der Waals surface area contributed by atoms with Gasteiger partial charge < -0.3 is 4.74 Å². The SMILES string of the molecule is CC(C)(C)CC(C)(C(=O)OC1(c2ccccc2)CCCC1)C(C)(C)C. The van der Waals surface area contributed by atoms with E-state index < -0.39 is 11.0 Å². The predicted molar refractivity (Wildman–Crippen MR) is 104 cm³/mol. The molecule has 0 N–H and O–H groups in total. The molecular weight excluding hydrogens is 308 g/mol. The molecule has 0 spiro atoms. The van der Waals surface area contributed by atoms with Crippen molar-refractivity contribution in [2.45, 2.75) is 86.2 Å². The third-order valence-electron chi connectivity index (χ3n) is 5.99. The van der Waals surface area contributed by atoms with Crippen molar-refractivity contribution in [2.24, 2.45) is 16.2 Å². The molecule has 2 nitrogen and oxygen atoms in total. The van der Waals surface area contributed by atoms with Crippen LogP contribution in [-0.2, 0) is 15.1 Å². The van der Waals surface area contributed by atoms with Gasteiger partial charge in [-0.3, -0.25) is 4.79 Å². The first-order chi connectivity index (χ1) is 11.4. The van der Waals surface area contributed by atoms with E-state index in [2.05, 4.69) is 60.6 Å². The Morgan fingerprint density at radius 3 is 1.92 bits per heavy atom. The lowest BCUT2D eigenvalue weighted by Gasteiger charge is -2.45. The molecule has 0 bridgehead atoms. The van der Waals surface area contributed by atoms with Crippen LogP contribution in [0.5, 0.6) is 0 Å². The van der Waals surface area contributed by atoms with Crippen molar-refractivity contribution in [2.75, 3.05) is 0 Å². The van der Waals surface area contributed by atoms with Crippen LogP contribution in [0.25, 0.3) is 0 Å². The lowest BCUT2D eigenvalue weighted by molar-refractivity contribution is -0.182. The number of hydrogen-bond acceptors (Lipinski definition) is 2. The van der Waals surface area contributed by atoms with Crippen LogP contribution in [0.3, 0.4) is 0 Å². The van der Waals surface area contributed by atoms with Crippen molar-refractivity contribution in [3.8, 4) is 0 Å². The maximum absolute atomic E-state index is 13.5. The van der Waals surface area contributed by atoms with Crippen LogP contribution >= 0.6 is 0 Å². The van der Waals surface area contributed by atoms with E-state index in [1.807, 2.05) is 18.2 Å². The lowest BCUT2D eigenvalue weighted by atomic mass is 9.61. The molecule has 1 aromatic carbocycles. The average molecular weight is 345 g/mol. The Morgan fingerprint density at radius 2 is 1.48 bits per heavy atom. The lowest BCUT2D eigenvalue weighted by Crippen LogP contribution is -2.47. The van der Waals surface area contributed by atoms with E-state index in [1.165, 1.54) is 0 Å². The standard InChI is InChI=1S/C23H36O2/c1-20(2,3)17-22(7,21(4,5)6)19(24)25-23(15-11-12-16-23)18-13-9-8-10-14-18/h8-10,13-14H,11-12,15-17H2,1-7H3. The number of esters is 1. The van der Waals surface area contributed by atoms with Crippen molar-refractivity contribution in [1.82, 2.24) is 0 Å². The van der Waals surface area contributed by atoms with Crippen LogP contribution in [0, 0.1) is 16.2 Å². The summed E-state index contributed by atoms with van der Waals surface area (Å²) in [7, 11) is 0. The van der Waals surface area contributed by atoms with E-state index in [9.17, 15) is 4.79 Å². The third kappa shape index (κ3) is 4.27. The number of benzene rings is 1. The van der Waals surface area contributed by atoms with Gasteiger partial charge in [0.1, 0.15) is 5.60 Å². The van der Waals surface area contributed by atoms with Gasteiger partial charge in [-0.2, -0.15) is 0 Å². The molecule has 0 saturated heterocycles. The zero-order valence-electron chi connectivity index (χ0n) is 17.2. The molecule has 25 heavy (non-hydrogen) atoms. The summed E-state index contributed by atoms with van der Waals surface area (Å²) in [6.07, 6.45) is 4.91. The Kier molecular flexibility index (Phi) is 5.42. The normalized spacial score (nSPS) is 20.1. The minimum Gasteiger partial charge on any atom is -0.454 e. The fourth-order valence-electron chi connectivity index (χ4n) is 4.13. The zero-order chi connectivity index (χ0) is 18.9.